The number of aromatic nitrogens is 4. The van der Waals surface area contributed by atoms with Gasteiger partial charge in [0, 0.05) is 43.7 Å². The van der Waals surface area contributed by atoms with E-state index in [9.17, 15) is 19.8 Å². The van der Waals surface area contributed by atoms with Crippen LogP contribution in [0.4, 0.5) is 22.2 Å². The number of imidazole rings is 1. The molecule has 5 aromatic rings. The number of aliphatic hydroxyl groups is 2. The Morgan fingerprint density at radius 1 is 0.885 bits per heavy atom. The van der Waals surface area contributed by atoms with E-state index in [1.807, 2.05) is 71.6 Å². The van der Waals surface area contributed by atoms with Gasteiger partial charge in [0.15, 0.2) is 17.0 Å². The number of nitrogens with one attached hydrogen (secondary N) is 4. The van der Waals surface area contributed by atoms with E-state index in [1.54, 1.807) is 17.8 Å². The molecular weight excluding hydrogens is 682 g/mol. The minimum absolute atomic E-state index is 0. The molecule has 3 aromatic carbocycles. The first kappa shape index (κ1) is 36.5. The van der Waals surface area contributed by atoms with Crippen molar-refractivity contribution in [3.63, 3.8) is 0 Å². The minimum atomic E-state index is -1.15. The van der Waals surface area contributed by atoms with Gasteiger partial charge in [-0.05, 0) is 36.1 Å². The molecule has 13 nitrogen and oxygen atoms in total. The molecule has 2 aliphatic rings. The first-order chi connectivity index (χ1) is 24.9. The van der Waals surface area contributed by atoms with Crippen molar-refractivity contribution >= 4 is 53.0 Å². The highest BCUT2D eigenvalue weighted by atomic mass is 35.5. The summed E-state index contributed by atoms with van der Waals surface area (Å²) in [4.78, 5) is 41.7. The molecule has 3 heterocycles. The van der Waals surface area contributed by atoms with Crippen molar-refractivity contribution in [2.24, 2.45) is 0 Å². The van der Waals surface area contributed by atoms with Gasteiger partial charge in [-0.1, -0.05) is 85.8 Å². The molecule has 1 aliphatic heterocycles. The molecule has 3 amide bonds. The molecule has 0 spiro atoms. The van der Waals surface area contributed by atoms with E-state index in [-0.39, 0.29) is 42.7 Å². The standard InChI is InChI=1S/C38H43N9O4.ClH/c1-2-31(48)43-29-20-30(34(50)33(29)49)47-23-40-32-35(39-21-28(24-12-6-3-7-13-24)25-14-8-4-9-15-25)44-37(45-36(32)47)46-19-18-27(22-46)42-38(51)41-26-16-10-5-11-17-26;/h3-17,23,27-30,33-34,49-50H,2,18-22H2,1H3,(H,43,48)(H,39,44,45)(H2,41,42,51);1H/t27-,29+,30-,33-,34+;/m1./s1. The van der Waals surface area contributed by atoms with Crippen molar-refractivity contribution in [3.8, 4) is 0 Å². The quantitative estimate of drug-likeness (QED) is 0.115. The highest BCUT2D eigenvalue weighted by Crippen LogP contribution is 2.35. The Kier molecular flexibility index (Phi) is 11.5. The average molecular weight is 726 g/mol. The van der Waals surface area contributed by atoms with Gasteiger partial charge in [-0.3, -0.25) is 4.79 Å². The first-order valence-electron chi connectivity index (χ1n) is 17.5. The number of hydrogen-bond acceptors (Lipinski definition) is 9. The van der Waals surface area contributed by atoms with E-state index in [1.165, 1.54) is 0 Å². The smallest absolute Gasteiger partial charge is 0.319 e. The third-order valence-electron chi connectivity index (χ3n) is 9.80. The van der Waals surface area contributed by atoms with Crippen LogP contribution in [-0.4, -0.2) is 85.6 Å². The van der Waals surface area contributed by atoms with Crippen LogP contribution in [0.2, 0.25) is 0 Å². The molecular formula is C38H44ClN9O4. The Morgan fingerprint density at radius 2 is 1.54 bits per heavy atom. The summed E-state index contributed by atoms with van der Waals surface area (Å²) in [5.74, 6) is 0.813. The van der Waals surface area contributed by atoms with E-state index in [0.29, 0.717) is 61.1 Å². The van der Waals surface area contributed by atoms with Crippen LogP contribution in [0.25, 0.3) is 11.2 Å². The zero-order chi connectivity index (χ0) is 35.3. The minimum Gasteiger partial charge on any atom is -0.388 e. The van der Waals surface area contributed by atoms with Crippen molar-refractivity contribution in [1.29, 1.82) is 0 Å². The van der Waals surface area contributed by atoms with Gasteiger partial charge in [-0.2, -0.15) is 9.97 Å². The maximum atomic E-state index is 12.8. The lowest BCUT2D eigenvalue weighted by Crippen LogP contribution is -2.42. The van der Waals surface area contributed by atoms with Crippen molar-refractivity contribution in [3.05, 3.63) is 108 Å². The lowest BCUT2D eigenvalue weighted by Gasteiger charge is -2.22. The second-order valence-electron chi connectivity index (χ2n) is 13.2. The lowest BCUT2D eigenvalue weighted by molar-refractivity contribution is -0.122. The number of amides is 3. The Bertz CT molecular complexity index is 1910. The number of halogens is 1. The molecule has 7 rings (SSSR count). The number of fused-ring (bicyclic) bond motifs is 1. The summed E-state index contributed by atoms with van der Waals surface area (Å²) in [6.07, 6.45) is 0.596. The number of para-hydroxylation sites is 1. The molecule has 272 valence electrons. The van der Waals surface area contributed by atoms with Crippen LogP contribution < -0.4 is 26.2 Å². The van der Waals surface area contributed by atoms with Gasteiger partial charge in [-0.15, -0.1) is 12.4 Å². The Balaban J connectivity index is 0.00000464. The predicted molar refractivity (Wildman–Crippen MR) is 203 cm³/mol. The van der Waals surface area contributed by atoms with Gasteiger partial charge in [0.1, 0.15) is 12.2 Å². The summed E-state index contributed by atoms with van der Waals surface area (Å²) in [6, 6.07) is 28.3. The van der Waals surface area contributed by atoms with Gasteiger partial charge >= 0.3 is 6.03 Å². The van der Waals surface area contributed by atoms with Gasteiger partial charge in [0.2, 0.25) is 11.9 Å². The number of anilines is 3. The van der Waals surface area contributed by atoms with Crippen LogP contribution in [0.5, 0.6) is 0 Å². The molecule has 2 aromatic heterocycles. The first-order valence-corrected chi connectivity index (χ1v) is 17.5. The largest absolute Gasteiger partial charge is 0.388 e. The number of nitrogens with zero attached hydrogens (tertiary/aromatic N) is 5. The molecule has 2 fully saturated rings. The molecule has 1 saturated carbocycles. The second kappa shape index (κ2) is 16.4. The van der Waals surface area contributed by atoms with E-state index in [0.717, 1.165) is 11.1 Å². The summed E-state index contributed by atoms with van der Waals surface area (Å²) in [5.41, 5.74) is 4.03. The monoisotopic (exact) mass is 725 g/mol. The maximum absolute atomic E-state index is 12.8. The SMILES string of the molecule is CCC(=O)N[C@H]1C[C@@H](n2cnc3c(NCC(c4ccccc4)c4ccccc4)nc(N4CC[C@@H](NC(=O)Nc5ccccc5)C4)nc32)[C@H](O)[C@@H]1O.Cl. The third kappa shape index (κ3) is 7.96. The zero-order valence-electron chi connectivity index (χ0n) is 28.8. The van der Waals surface area contributed by atoms with Crippen LogP contribution >= 0.6 is 12.4 Å². The predicted octanol–water partition coefficient (Wildman–Crippen LogP) is 4.45. The highest BCUT2D eigenvalue weighted by molar-refractivity contribution is 5.89. The molecule has 14 heteroatoms. The van der Waals surface area contributed by atoms with Crippen molar-refractivity contribution < 1.29 is 19.8 Å². The van der Waals surface area contributed by atoms with E-state index < -0.39 is 24.3 Å². The molecule has 0 radical (unpaired) electrons. The molecule has 1 aliphatic carbocycles. The average Bonchev–Trinajstić information content (AvgIpc) is 3.87. The van der Waals surface area contributed by atoms with Gasteiger partial charge in [-0.25, -0.2) is 9.78 Å². The zero-order valence-corrected chi connectivity index (χ0v) is 29.6. The molecule has 0 bridgehead atoms. The highest BCUT2D eigenvalue weighted by Gasteiger charge is 2.44. The number of carbonyl (C=O) groups excluding carboxylic acids is 2. The third-order valence-corrected chi connectivity index (χ3v) is 9.80. The van der Waals surface area contributed by atoms with Gasteiger partial charge < -0.3 is 40.9 Å². The fraction of sp³-hybridized carbons (Fsp3) is 0.342. The van der Waals surface area contributed by atoms with Crippen LogP contribution in [-0.2, 0) is 4.79 Å². The van der Waals surface area contributed by atoms with Crippen LogP contribution in [0, 0.1) is 0 Å². The molecule has 5 atom stereocenters. The second-order valence-corrected chi connectivity index (χ2v) is 13.2. The molecule has 6 N–H and O–H groups in total. The molecule has 0 unspecified atom stereocenters. The number of benzene rings is 3. The maximum Gasteiger partial charge on any atom is 0.319 e. The number of hydrogen-bond donors (Lipinski definition) is 6. The number of aliphatic hydroxyl groups excluding tert-OH is 2. The van der Waals surface area contributed by atoms with E-state index >= 15 is 0 Å². The topological polar surface area (TPSA) is 170 Å². The Labute approximate surface area is 308 Å². The number of rotatable bonds is 11. The van der Waals surface area contributed by atoms with Crippen molar-refractivity contribution in [2.75, 3.05) is 35.2 Å². The van der Waals surface area contributed by atoms with Crippen LogP contribution in [0.3, 0.4) is 0 Å². The summed E-state index contributed by atoms with van der Waals surface area (Å²) in [5, 5.41) is 34.4. The Hall–Kier alpha value is -5.24. The van der Waals surface area contributed by atoms with E-state index in [2.05, 4.69) is 45.5 Å². The Morgan fingerprint density at radius 3 is 2.19 bits per heavy atom. The fourth-order valence-electron chi connectivity index (χ4n) is 7.08. The number of carbonyl (C=O) groups is 2. The van der Waals surface area contributed by atoms with Crippen molar-refractivity contribution in [2.45, 2.75) is 62.4 Å². The van der Waals surface area contributed by atoms with Gasteiger partial charge in [0.25, 0.3) is 0 Å². The van der Waals surface area contributed by atoms with Crippen LogP contribution in [0.15, 0.2) is 97.3 Å². The summed E-state index contributed by atoms with van der Waals surface area (Å²) < 4.78 is 1.78. The van der Waals surface area contributed by atoms with Crippen molar-refractivity contribution in [1.82, 2.24) is 30.2 Å². The lowest BCUT2D eigenvalue weighted by atomic mass is 9.91. The summed E-state index contributed by atoms with van der Waals surface area (Å²) in [6.45, 7) is 3.37. The summed E-state index contributed by atoms with van der Waals surface area (Å²) >= 11 is 0. The van der Waals surface area contributed by atoms with E-state index in [4.69, 9.17) is 15.0 Å². The number of urea groups is 1. The normalized spacial score (nSPS) is 21.2. The van der Waals surface area contributed by atoms with Crippen LogP contribution in [0.1, 0.15) is 49.3 Å². The van der Waals surface area contributed by atoms with Gasteiger partial charge in [0.05, 0.1) is 18.4 Å². The summed E-state index contributed by atoms with van der Waals surface area (Å²) in [7, 11) is 0. The fourth-order valence-corrected chi connectivity index (χ4v) is 7.08. The molecule has 52 heavy (non-hydrogen) atoms. The molecule has 1 saturated heterocycles.